The first-order valence-electron chi connectivity index (χ1n) is 6.18. The Morgan fingerprint density at radius 1 is 1.38 bits per heavy atom. The predicted octanol–water partition coefficient (Wildman–Crippen LogP) is 0.500. The van der Waals surface area contributed by atoms with Gasteiger partial charge in [0.15, 0.2) is 0 Å². The summed E-state index contributed by atoms with van der Waals surface area (Å²) in [5.74, 6) is 1.80. The molecule has 1 amide bonds. The van der Waals surface area contributed by atoms with Gasteiger partial charge in [-0.2, -0.15) is 0 Å². The third-order valence-corrected chi connectivity index (χ3v) is 3.94. The minimum absolute atomic E-state index is 0.0392. The third-order valence-electron chi connectivity index (χ3n) is 3.94. The highest BCUT2D eigenvalue weighted by Gasteiger charge is 2.57. The van der Waals surface area contributed by atoms with Crippen LogP contribution in [0.3, 0.4) is 0 Å². The molecular formula is C12H21NO3. The Balaban J connectivity index is 1.85. The number of carbonyl (C=O) groups excluding carboxylic acids is 1. The van der Waals surface area contributed by atoms with E-state index in [1.807, 2.05) is 0 Å². The molecule has 0 radical (unpaired) electrons. The second-order valence-electron chi connectivity index (χ2n) is 4.83. The number of fused-ring (bicyclic) bond motifs is 1. The summed E-state index contributed by atoms with van der Waals surface area (Å²) in [6.07, 6.45) is 3.73. The van der Waals surface area contributed by atoms with Crippen LogP contribution < -0.4 is 0 Å². The Bertz CT molecular complexity index is 247. The molecule has 1 N–H and O–H groups in total. The van der Waals surface area contributed by atoms with E-state index in [4.69, 9.17) is 9.84 Å². The molecular weight excluding hydrogens is 206 g/mol. The largest absolute Gasteiger partial charge is 0.395 e. The van der Waals surface area contributed by atoms with Crippen molar-refractivity contribution < 1.29 is 14.6 Å². The van der Waals surface area contributed by atoms with E-state index in [1.54, 1.807) is 12.0 Å². The van der Waals surface area contributed by atoms with Crippen molar-refractivity contribution in [2.24, 2.45) is 17.8 Å². The highest BCUT2D eigenvalue weighted by atomic mass is 16.5. The van der Waals surface area contributed by atoms with Crippen molar-refractivity contribution in [2.75, 3.05) is 33.4 Å². The maximum atomic E-state index is 12.2. The Labute approximate surface area is 96.6 Å². The molecule has 16 heavy (non-hydrogen) atoms. The van der Waals surface area contributed by atoms with Gasteiger partial charge in [-0.15, -0.1) is 0 Å². The van der Waals surface area contributed by atoms with Gasteiger partial charge in [0.2, 0.25) is 5.91 Å². The molecule has 4 heteroatoms. The van der Waals surface area contributed by atoms with E-state index in [0.717, 1.165) is 0 Å². The molecule has 0 aromatic carbocycles. The standard InChI is InChI=1S/C12H21NO3/c1-16-8-6-13(5-7-14)12(15)11-9-3-2-4-10(9)11/h9-11,14H,2-8H2,1H3. The summed E-state index contributed by atoms with van der Waals surface area (Å²) in [4.78, 5) is 13.9. The summed E-state index contributed by atoms with van der Waals surface area (Å²) in [6, 6.07) is 0. The lowest BCUT2D eigenvalue weighted by molar-refractivity contribution is -0.134. The molecule has 0 aliphatic heterocycles. The van der Waals surface area contributed by atoms with Crippen molar-refractivity contribution in [3.63, 3.8) is 0 Å². The molecule has 92 valence electrons. The minimum atomic E-state index is 0.0392. The van der Waals surface area contributed by atoms with Crippen LogP contribution in [-0.4, -0.2) is 49.3 Å². The second kappa shape index (κ2) is 5.15. The number of methoxy groups -OCH3 is 1. The zero-order valence-corrected chi connectivity index (χ0v) is 9.89. The van der Waals surface area contributed by atoms with Crippen LogP contribution >= 0.6 is 0 Å². The van der Waals surface area contributed by atoms with Crippen molar-refractivity contribution in [2.45, 2.75) is 19.3 Å². The molecule has 0 bridgehead atoms. The molecule has 2 rings (SSSR count). The van der Waals surface area contributed by atoms with Gasteiger partial charge in [0.05, 0.1) is 13.2 Å². The Morgan fingerprint density at radius 2 is 2.06 bits per heavy atom. The number of ether oxygens (including phenoxy) is 1. The number of hydrogen-bond donors (Lipinski definition) is 1. The van der Waals surface area contributed by atoms with E-state index >= 15 is 0 Å². The van der Waals surface area contributed by atoms with Crippen LogP contribution in [0.5, 0.6) is 0 Å². The lowest BCUT2D eigenvalue weighted by Gasteiger charge is -2.22. The smallest absolute Gasteiger partial charge is 0.226 e. The van der Waals surface area contributed by atoms with Crippen molar-refractivity contribution in [1.82, 2.24) is 4.90 Å². The van der Waals surface area contributed by atoms with Gasteiger partial charge in [-0.1, -0.05) is 6.42 Å². The third kappa shape index (κ3) is 2.23. The molecule has 2 unspecified atom stereocenters. The summed E-state index contributed by atoms with van der Waals surface area (Å²) < 4.78 is 4.99. The lowest BCUT2D eigenvalue weighted by Crippen LogP contribution is -2.38. The molecule has 2 saturated carbocycles. The lowest BCUT2D eigenvalue weighted by atomic mass is 10.1. The van der Waals surface area contributed by atoms with Crippen LogP contribution in [0.15, 0.2) is 0 Å². The Kier molecular flexibility index (Phi) is 3.82. The number of nitrogens with zero attached hydrogens (tertiary/aromatic N) is 1. The van der Waals surface area contributed by atoms with Gasteiger partial charge in [-0.3, -0.25) is 4.79 Å². The molecule has 0 heterocycles. The molecule has 0 aromatic rings. The van der Waals surface area contributed by atoms with E-state index in [9.17, 15) is 4.79 Å². The second-order valence-corrected chi connectivity index (χ2v) is 4.83. The fourth-order valence-corrected chi connectivity index (χ4v) is 3.05. The van der Waals surface area contributed by atoms with E-state index in [0.29, 0.717) is 31.5 Å². The van der Waals surface area contributed by atoms with Crippen molar-refractivity contribution in [3.8, 4) is 0 Å². The van der Waals surface area contributed by atoms with Gasteiger partial charge in [0.1, 0.15) is 0 Å². The first-order chi connectivity index (χ1) is 7.79. The first kappa shape index (κ1) is 11.9. The van der Waals surface area contributed by atoms with Gasteiger partial charge in [0, 0.05) is 26.1 Å². The topological polar surface area (TPSA) is 49.8 Å². The quantitative estimate of drug-likeness (QED) is 0.719. The van der Waals surface area contributed by atoms with Crippen LogP contribution in [0, 0.1) is 17.8 Å². The fourth-order valence-electron chi connectivity index (χ4n) is 3.05. The Morgan fingerprint density at radius 3 is 2.62 bits per heavy atom. The maximum Gasteiger partial charge on any atom is 0.226 e. The zero-order valence-electron chi connectivity index (χ0n) is 9.89. The van der Waals surface area contributed by atoms with Crippen LogP contribution in [0.1, 0.15) is 19.3 Å². The number of rotatable bonds is 6. The SMILES string of the molecule is COCCN(CCO)C(=O)C1C2CCCC21. The number of hydrogen-bond acceptors (Lipinski definition) is 3. The molecule has 0 aromatic heterocycles. The van der Waals surface area contributed by atoms with Crippen LogP contribution in [0.4, 0.5) is 0 Å². The van der Waals surface area contributed by atoms with Crippen molar-refractivity contribution >= 4 is 5.91 Å². The van der Waals surface area contributed by atoms with Gasteiger partial charge in [-0.25, -0.2) is 0 Å². The monoisotopic (exact) mass is 227 g/mol. The van der Waals surface area contributed by atoms with E-state index < -0.39 is 0 Å². The first-order valence-corrected chi connectivity index (χ1v) is 6.18. The summed E-state index contributed by atoms with van der Waals surface area (Å²) in [5, 5.41) is 8.96. The van der Waals surface area contributed by atoms with Gasteiger partial charge in [0.25, 0.3) is 0 Å². The molecule has 0 saturated heterocycles. The van der Waals surface area contributed by atoms with E-state index in [-0.39, 0.29) is 18.4 Å². The molecule has 4 nitrogen and oxygen atoms in total. The molecule has 2 atom stereocenters. The summed E-state index contributed by atoms with van der Waals surface area (Å²) in [7, 11) is 1.63. The molecule has 0 spiro atoms. The van der Waals surface area contributed by atoms with Crippen molar-refractivity contribution in [1.29, 1.82) is 0 Å². The summed E-state index contributed by atoms with van der Waals surface area (Å²) >= 11 is 0. The molecule has 2 fully saturated rings. The zero-order chi connectivity index (χ0) is 11.5. The number of carbonyl (C=O) groups is 1. The average molecular weight is 227 g/mol. The fraction of sp³-hybridized carbons (Fsp3) is 0.917. The van der Waals surface area contributed by atoms with Crippen molar-refractivity contribution in [3.05, 3.63) is 0 Å². The summed E-state index contributed by atoms with van der Waals surface area (Å²) in [6.45, 7) is 1.63. The number of amides is 1. The number of aliphatic hydroxyl groups is 1. The maximum absolute atomic E-state index is 12.2. The highest BCUT2D eigenvalue weighted by Crippen LogP contribution is 2.58. The predicted molar refractivity (Wildman–Crippen MR) is 59.9 cm³/mol. The molecule has 2 aliphatic carbocycles. The minimum Gasteiger partial charge on any atom is -0.395 e. The van der Waals surface area contributed by atoms with E-state index in [1.165, 1.54) is 19.3 Å². The van der Waals surface area contributed by atoms with Gasteiger partial charge < -0.3 is 14.7 Å². The van der Waals surface area contributed by atoms with E-state index in [2.05, 4.69) is 0 Å². The van der Waals surface area contributed by atoms with Crippen LogP contribution in [0.2, 0.25) is 0 Å². The van der Waals surface area contributed by atoms with Crippen LogP contribution in [0.25, 0.3) is 0 Å². The number of aliphatic hydroxyl groups excluding tert-OH is 1. The van der Waals surface area contributed by atoms with Gasteiger partial charge >= 0.3 is 0 Å². The normalized spacial score (nSPS) is 31.2. The van der Waals surface area contributed by atoms with Gasteiger partial charge in [-0.05, 0) is 24.7 Å². The van der Waals surface area contributed by atoms with Crippen LogP contribution in [-0.2, 0) is 9.53 Å². The molecule has 2 aliphatic rings. The highest BCUT2D eigenvalue weighted by molar-refractivity contribution is 5.82. The average Bonchev–Trinajstić information content (AvgIpc) is 2.77. The summed E-state index contributed by atoms with van der Waals surface area (Å²) in [5.41, 5.74) is 0. The Hall–Kier alpha value is -0.610.